The van der Waals surface area contributed by atoms with Crippen LogP contribution in [0, 0.1) is 28.6 Å². The standard InChI is InChI=1S/C29H44O8S/c1-4-5-6-7-8-21(38(35,36)37)15-19-14-20(31)13-18-9-10-22-23-11-12-29(34,25(33)17-30)27(23,2)16-24(32)26(22)28(18,19)3/h13-14,21-24,26,30,32,34H,4-12,15-17H2,1-3H3,(H,35,36,37)/t21?,22-,23-,24-,26+,27-,28+,29-/m0/s1. The van der Waals surface area contributed by atoms with Gasteiger partial charge in [-0.2, -0.15) is 8.42 Å². The molecule has 4 N–H and O–H groups in total. The van der Waals surface area contributed by atoms with Gasteiger partial charge in [0, 0.05) is 16.7 Å². The van der Waals surface area contributed by atoms with Crippen LogP contribution in [-0.4, -0.2) is 63.4 Å². The van der Waals surface area contributed by atoms with Gasteiger partial charge >= 0.3 is 0 Å². The number of carbonyl (C=O) groups excluding carboxylic acids is 2. The first-order valence-corrected chi connectivity index (χ1v) is 15.7. The van der Waals surface area contributed by atoms with Crippen LogP contribution in [0.3, 0.4) is 0 Å². The number of ketones is 2. The largest absolute Gasteiger partial charge is 0.393 e. The number of carbonyl (C=O) groups is 2. The van der Waals surface area contributed by atoms with Crippen LogP contribution in [0.1, 0.15) is 91.4 Å². The highest BCUT2D eigenvalue weighted by atomic mass is 32.2. The normalized spacial score (nSPS) is 39.5. The number of hydrogen-bond acceptors (Lipinski definition) is 7. The number of rotatable bonds is 10. The number of Topliss-reactive ketones (excluding diaryl/α,β-unsaturated/α-hetero) is 1. The quantitative estimate of drug-likeness (QED) is 0.237. The molecule has 0 aromatic heterocycles. The first-order valence-electron chi connectivity index (χ1n) is 14.2. The van der Waals surface area contributed by atoms with Gasteiger partial charge in [0.05, 0.1) is 11.4 Å². The number of allylic oxidation sites excluding steroid dienone is 4. The van der Waals surface area contributed by atoms with Crippen molar-refractivity contribution in [3.05, 3.63) is 23.3 Å². The molecule has 8 atom stereocenters. The highest BCUT2D eigenvalue weighted by molar-refractivity contribution is 7.86. The van der Waals surface area contributed by atoms with Crippen LogP contribution in [0.15, 0.2) is 23.3 Å². The van der Waals surface area contributed by atoms with Crippen LogP contribution in [0.25, 0.3) is 0 Å². The molecule has 38 heavy (non-hydrogen) atoms. The van der Waals surface area contributed by atoms with E-state index >= 15 is 0 Å². The van der Waals surface area contributed by atoms with Gasteiger partial charge in [-0.05, 0) is 68.9 Å². The van der Waals surface area contributed by atoms with E-state index in [0.29, 0.717) is 37.7 Å². The lowest BCUT2D eigenvalue weighted by Gasteiger charge is -2.61. The van der Waals surface area contributed by atoms with Gasteiger partial charge in [-0.25, -0.2) is 0 Å². The monoisotopic (exact) mass is 552 g/mol. The molecule has 4 rings (SSSR count). The highest BCUT2D eigenvalue weighted by Crippen LogP contribution is 2.68. The van der Waals surface area contributed by atoms with E-state index in [1.54, 1.807) is 6.08 Å². The average Bonchev–Trinajstić information content (AvgIpc) is 3.11. The second-order valence-electron chi connectivity index (χ2n) is 12.6. The van der Waals surface area contributed by atoms with Crippen LogP contribution in [0.4, 0.5) is 0 Å². The van der Waals surface area contributed by atoms with E-state index in [1.807, 2.05) is 13.8 Å². The number of fused-ring (bicyclic) bond motifs is 5. The second-order valence-corrected chi connectivity index (χ2v) is 14.3. The molecule has 1 unspecified atom stereocenters. The zero-order valence-electron chi connectivity index (χ0n) is 22.9. The Labute approximate surface area is 226 Å². The first kappa shape index (κ1) is 29.6. The van der Waals surface area contributed by atoms with E-state index in [1.165, 1.54) is 6.08 Å². The molecule has 0 amide bonds. The van der Waals surface area contributed by atoms with E-state index in [-0.39, 0.29) is 42.8 Å². The summed E-state index contributed by atoms with van der Waals surface area (Å²) in [6, 6.07) is 0. The van der Waals surface area contributed by atoms with Crippen molar-refractivity contribution in [2.45, 2.75) is 108 Å². The van der Waals surface area contributed by atoms with Crippen molar-refractivity contribution >= 4 is 21.7 Å². The molecule has 8 nitrogen and oxygen atoms in total. The summed E-state index contributed by atoms with van der Waals surface area (Å²) in [6.07, 6.45) is 8.30. The minimum absolute atomic E-state index is 0.0232. The van der Waals surface area contributed by atoms with Crippen LogP contribution in [0.2, 0.25) is 0 Å². The summed E-state index contributed by atoms with van der Waals surface area (Å²) in [4.78, 5) is 25.4. The molecule has 0 saturated heterocycles. The molecule has 0 spiro atoms. The molecule has 0 radical (unpaired) electrons. The Balaban J connectivity index is 1.69. The lowest BCUT2D eigenvalue weighted by molar-refractivity contribution is -0.179. The number of aliphatic hydroxyl groups excluding tert-OH is 2. The van der Waals surface area contributed by atoms with E-state index in [0.717, 1.165) is 24.8 Å². The zero-order valence-corrected chi connectivity index (χ0v) is 23.7. The third kappa shape index (κ3) is 4.66. The molecular formula is C29H44O8S. The van der Waals surface area contributed by atoms with Crippen LogP contribution >= 0.6 is 0 Å². The minimum atomic E-state index is -4.36. The maximum Gasteiger partial charge on any atom is 0.268 e. The van der Waals surface area contributed by atoms with Gasteiger partial charge in [-0.15, -0.1) is 0 Å². The van der Waals surface area contributed by atoms with E-state index in [9.17, 15) is 37.9 Å². The summed E-state index contributed by atoms with van der Waals surface area (Å²) in [5.41, 5.74) is -1.86. The van der Waals surface area contributed by atoms with E-state index in [4.69, 9.17) is 0 Å². The van der Waals surface area contributed by atoms with Gasteiger partial charge in [0.15, 0.2) is 11.6 Å². The van der Waals surface area contributed by atoms with Crippen LogP contribution in [0.5, 0.6) is 0 Å². The van der Waals surface area contributed by atoms with Crippen molar-refractivity contribution in [3.63, 3.8) is 0 Å². The van der Waals surface area contributed by atoms with Crippen LogP contribution in [-0.2, 0) is 19.7 Å². The molecule has 0 aromatic rings. The topological polar surface area (TPSA) is 149 Å². The lowest BCUT2D eigenvalue weighted by Crippen LogP contribution is -2.62. The Hall–Kier alpha value is -1.39. The predicted molar refractivity (Wildman–Crippen MR) is 143 cm³/mol. The van der Waals surface area contributed by atoms with Crippen molar-refractivity contribution in [2.75, 3.05) is 6.61 Å². The van der Waals surface area contributed by atoms with Gasteiger partial charge in [0.1, 0.15) is 12.2 Å². The van der Waals surface area contributed by atoms with Crippen molar-refractivity contribution in [2.24, 2.45) is 28.6 Å². The van der Waals surface area contributed by atoms with E-state index < -0.39 is 50.3 Å². The maximum atomic E-state index is 12.7. The molecule has 3 saturated carbocycles. The van der Waals surface area contributed by atoms with Crippen molar-refractivity contribution in [1.82, 2.24) is 0 Å². The summed E-state index contributed by atoms with van der Waals surface area (Å²) in [5.74, 6) is -1.27. The predicted octanol–water partition coefficient (Wildman–Crippen LogP) is 3.54. The maximum absolute atomic E-state index is 12.7. The fourth-order valence-corrected chi connectivity index (χ4v) is 9.66. The SMILES string of the molecule is CCCCCCC(CC1=CC(=O)C=C2CC[C@@H]3[C@H]([C@@H](O)C[C@@]4(C)[C@H]3CC[C@]4(O)C(=O)CO)[C@]21C)S(=O)(=O)O. The third-order valence-electron chi connectivity index (χ3n) is 10.8. The molecular weight excluding hydrogens is 508 g/mol. The van der Waals surface area contributed by atoms with Crippen molar-refractivity contribution in [1.29, 1.82) is 0 Å². The summed E-state index contributed by atoms with van der Waals surface area (Å²) >= 11 is 0. The first-order chi connectivity index (χ1) is 17.7. The highest BCUT2D eigenvalue weighted by Gasteiger charge is 2.68. The Morgan fingerprint density at radius 1 is 1.16 bits per heavy atom. The minimum Gasteiger partial charge on any atom is -0.393 e. The van der Waals surface area contributed by atoms with Gasteiger partial charge in [-0.3, -0.25) is 14.1 Å². The van der Waals surface area contributed by atoms with E-state index in [2.05, 4.69) is 6.92 Å². The van der Waals surface area contributed by atoms with Gasteiger partial charge in [0.25, 0.3) is 10.1 Å². The Kier molecular flexibility index (Phi) is 8.21. The van der Waals surface area contributed by atoms with Crippen molar-refractivity contribution in [3.8, 4) is 0 Å². The zero-order chi connectivity index (χ0) is 28.1. The van der Waals surface area contributed by atoms with Gasteiger partial charge in [-0.1, -0.05) is 57.6 Å². The molecule has 9 heteroatoms. The average molecular weight is 553 g/mol. The molecule has 4 aliphatic rings. The number of aliphatic hydroxyl groups is 3. The summed E-state index contributed by atoms with van der Waals surface area (Å²) in [5, 5.41) is 31.7. The molecule has 0 bridgehead atoms. The molecule has 0 aliphatic heterocycles. The molecule has 3 fully saturated rings. The van der Waals surface area contributed by atoms with Gasteiger partial charge < -0.3 is 15.3 Å². The second kappa shape index (κ2) is 10.5. The Morgan fingerprint density at radius 3 is 2.50 bits per heavy atom. The Bertz CT molecular complexity index is 1130. The fourth-order valence-electron chi connectivity index (χ4n) is 8.81. The Morgan fingerprint density at radius 2 is 1.87 bits per heavy atom. The van der Waals surface area contributed by atoms with Gasteiger partial charge in [0.2, 0.25) is 0 Å². The smallest absolute Gasteiger partial charge is 0.268 e. The molecule has 4 aliphatic carbocycles. The summed E-state index contributed by atoms with van der Waals surface area (Å²) < 4.78 is 34.9. The number of unbranched alkanes of at least 4 members (excludes halogenated alkanes) is 3. The third-order valence-corrected chi connectivity index (χ3v) is 12.1. The molecule has 0 heterocycles. The summed E-state index contributed by atoms with van der Waals surface area (Å²) in [7, 11) is -4.36. The van der Waals surface area contributed by atoms with Crippen LogP contribution < -0.4 is 0 Å². The fraction of sp³-hybridized carbons (Fsp3) is 0.793. The summed E-state index contributed by atoms with van der Waals surface area (Å²) in [6.45, 7) is 5.14. The number of hydrogen-bond donors (Lipinski definition) is 4. The molecule has 0 aromatic carbocycles. The lowest BCUT2D eigenvalue weighted by atomic mass is 9.44. The van der Waals surface area contributed by atoms with Crippen molar-refractivity contribution < 1.29 is 37.9 Å². The molecule has 214 valence electrons.